The summed E-state index contributed by atoms with van der Waals surface area (Å²) in [5, 5.41) is 14.2. The second-order valence-corrected chi connectivity index (χ2v) is 11.2. The van der Waals surface area contributed by atoms with Crippen molar-refractivity contribution in [2.75, 3.05) is 12.3 Å². The van der Waals surface area contributed by atoms with E-state index in [0.717, 1.165) is 13.3 Å². The molecule has 1 fully saturated rings. The lowest BCUT2D eigenvalue weighted by Crippen LogP contribution is -2.43. The number of nitrogens with two attached hydrogens (primary N) is 1. The van der Waals surface area contributed by atoms with Gasteiger partial charge < -0.3 is 35.2 Å². The van der Waals surface area contributed by atoms with Crippen LogP contribution in [0.1, 0.15) is 18.7 Å². The Morgan fingerprint density at radius 3 is 2.50 bits per heavy atom. The molecule has 0 aliphatic carbocycles. The minimum atomic E-state index is -5.74. The molecule has 2 aromatic rings. The molecule has 0 bridgehead atoms. The number of ether oxygens (including phenoxy) is 1. The van der Waals surface area contributed by atoms with Crippen molar-refractivity contribution in [3.05, 3.63) is 24.2 Å². The summed E-state index contributed by atoms with van der Waals surface area (Å²) in [6.45, 7) is 0.0727. The summed E-state index contributed by atoms with van der Waals surface area (Å²) < 4.78 is 67.2. The standard InChI is InChI=1S/C12H18FN4O12P3/c1-12(4-26-31(22,23)29-32(24,25)28-30(19,20)21)10(18)8(13)9(27-12)6-2-3-7-11(14)15-5-16-17(6)7/h2-3,5,8-10,18H,4H2,1H3,(H,22,23)(H,24,25)(H2,14,15,16)(H2,19,20,21)/t8-,9?,10-,12+/m0/s1. The number of aliphatic hydroxyl groups is 1. The summed E-state index contributed by atoms with van der Waals surface area (Å²) in [5.41, 5.74) is 4.20. The van der Waals surface area contributed by atoms with Gasteiger partial charge in [-0.15, -0.1) is 0 Å². The molecule has 2 aromatic heterocycles. The number of aromatic nitrogens is 3. The number of nitrogens with zero attached hydrogens (tertiary/aromatic N) is 3. The summed E-state index contributed by atoms with van der Waals surface area (Å²) in [6, 6.07) is 2.90. The summed E-state index contributed by atoms with van der Waals surface area (Å²) >= 11 is 0. The zero-order valence-electron chi connectivity index (χ0n) is 15.9. The van der Waals surface area contributed by atoms with Gasteiger partial charge in [-0.2, -0.15) is 13.7 Å². The summed E-state index contributed by atoms with van der Waals surface area (Å²) in [6.07, 6.45) is -4.31. The van der Waals surface area contributed by atoms with Gasteiger partial charge in [-0.05, 0) is 19.1 Å². The molecule has 1 aliphatic rings. The third-order valence-electron chi connectivity index (χ3n) is 4.35. The fraction of sp³-hybridized carbons (Fsp3) is 0.500. The van der Waals surface area contributed by atoms with Crippen molar-refractivity contribution in [1.29, 1.82) is 0 Å². The number of aliphatic hydroxyl groups excluding tert-OH is 1. The van der Waals surface area contributed by atoms with Gasteiger partial charge in [0, 0.05) is 0 Å². The van der Waals surface area contributed by atoms with Crippen LogP contribution in [0.4, 0.5) is 10.2 Å². The second kappa shape index (κ2) is 8.47. The number of alkyl halides is 1. The number of rotatable bonds is 8. The van der Waals surface area contributed by atoms with Crippen LogP contribution in [0.2, 0.25) is 0 Å². The third kappa shape index (κ3) is 5.42. The Bertz CT molecular complexity index is 1160. The van der Waals surface area contributed by atoms with Crippen molar-refractivity contribution in [3.63, 3.8) is 0 Å². The Morgan fingerprint density at radius 1 is 1.22 bits per heavy atom. The quantitative estimate of drug-likeness (QED) is 0.253. The van der Waals surface area contributed by atoms with Gasteiger partial charge in [0.25, 0.3) is 0 Å². The molecule has 3 rings (SSSR count). The van der Waals surface area contributed by atoms with Gasteiger partial charge in [-0.1, -0.05) is 0 Å². The summed E-state index contributed by atoms with van der Waals surface area (Å²) in [5.74, 6) is 0.0932. The third-order valence-corrected chi connectivity index (χ3v) is 8.13. The van der Waals surface area contributed by atoms with Gasteiger partial charge in [0.15, 0.2) is 12.0 Å². The minimum absolute atomic E-state index is 0.0932. The first kappa shape index (κ1) is 25.3. The van der Waals surface area contributed by atoms with E-state index in [4.69, 9.17) is 25.2 Å². The van der Waals surface area contributed by atoms with E-state index in [0.29, 0.717) is 5.52 Å². The number of fused-ring (bicyclic) bond motifs is 1. The lowest BCUT2D eigenvalue weighted by Gasteiger charge is -2.28. The van der Waals surface area contributed by atoms with E-state index >= 15 is 0 Å². The minimum Gasteiger partial charge on any atom is -0.387 e. The molecule has 16 nitrogen and oxygen atoms in total. The van der Waals surface area contributed by atoms with E-state index in [1.807, 2.05) is 0 Å². The van der Waals surface area contributed by atoms with Crippen LogP contribution in [0, 0.1) is 0 Å². The molecule has 0 spiro atoms. The van der Waals surface area contributed by atoms with Crippen molar-refractivity contribution in [3.8, 4) is 0 Å². The van der Waals surface area contributed by atoms with Crippen LogP contribution < -0.4 is 5.73 Å². The maximum atomic E-state index is 14.9. The molecule has 0 amide bonds. The average molecular weight is 522 g/mol. The number of hydrogen-bond donors (Lipinski definition) is 6. The number of phosphoric acid groups is 3. The smallest absolute Gasteiger partial charge is 0.387 e. The Balaban J connectivity index is 1.76. The Hall–Kier alpha value is -1.32. The number of phosphoric ester groups is 1. The van der Waals surface area contributed by atoms with E-state index in [-0.39, 0.29) is 11.5 Å². The number of anilines is 1. The lowest BCUT2D eigenvalue weighted by atomic mass is 9.98. The number of nitrogen functional groups attached to an aromatic ring is 1. The molecule has 1 saturated heterocycles. The first-order valence-electron chi connectivity index (χ1n) is 8.40. The summed E-state index contributed by atoms with van der Waals surface area (Å²) in [7, 11) is -16.8. The first-order valence-corrected chi connectivity index (χ1v) is 12.9. The van der Waals surface area contributed by atoms with Gasteiger partial charge in [0.2, 0.25) is 0 Å². The van der Waals surface area contributed by atoms with Crippen LogP contribution in [-0.4, -0.2) is 63.8 Å². The summed E-state index contributed by atoms with van der Waals surface area (Å²) in [4.78, 5) is 39.6. The highest BCUT2D eigenvalue weighted by atomic mass is 31.3. The molecule has 32 heavy (non-hydrogen) atoms. The highest BCUT2D eigenvalue weighted by Crippen LogP contribution is 2.66. The monoisotopic (exact) mass is 522 g/mol. The van der Waals surface area contributed by atoms with Crippen molar-refractivity contribution in [2.24, 2.45) is 0 Å². The van der Waals surface area contributed by atoms with Gasteiger partial charge in [0.05, 0.1) is 12.3 Å². The van der Waals surface area contributed by atoms with E-state index in [1.165, 1.54) is 16.6 Å². The molecule has 1 aliphatic heterocycles. The van der Waals surface area contributed by atoms with Crippen LogP contribution in [0.25, 0.3) is 5.52 Å². The predicted octanol–water partition coefficient (Wildman–Crippen LogP) is 0.184. The van der Waals surface area contributed by atoms with Crippen molar-refractivity contribution < 1.29 is 60.6 Å². The van der Waals surface area contributed by atoms with Gasteiger partial charge in [-0.25, -0.2) is 27.6 Å². The van der Waals surface area contributed by atoms with Gasteiger partial charge >= 0.3 is 23.5 Å². The van der Waals surface area contributed by atoms with Crippen LogP contribution >= 0.6 is 23.5 Å². The molecule has 6 atom stereocenters. The molecule has 0 aromatic carbocycles. The average Bonchev–Trinajstić information content (AvgIpc) is 3.14. The van der Waals surface area contributed by atoms with Crippen LogP contribution in [0.5, 0.6) is 0 Å². The van der Waals surface area contributed by atoms with Crippen molar-refractivity contribution >= 4 is 34.8 Å². The second-order valence-electron chi connectivity index (χ2n) is 6.81. The van der Waals surface area contributed by atoms with Crippen LogP contribution in [0.15, 0.2) is 18.5 Å². The molecule has 0 saturated carbocycles. The lowest BCUT2D eigenvalue weighted by molar-refractivity contribution is -0.0983. The van der Waals surface area contributed by atoms with Gasteiger partial charge in [-0.3, -0.25) is 4.52 Å². The van der Waals surface area contributed by atoms with E-state index < -0.39 is 54.1 Å². The highest BCUT2D eigenvalue weighted by molar-refractivity contribution is 7.66. The molecular weight excluding hydrogens is 504 g/mol. The molecule has 7 N–H and O–H groups in total. The molecule has 0 radical (unpaired) electrons. The highest BCUT2D eigenvalue weighted by Gasteiger charge is 2.55. The Morgan fingerprint density at radius 2 is 1.88 bits per heavy atom. The fourth-order valence-electron chi connectivity index (χ4n) is 2.97. The molecular formula is C12H18FN4O12P3. The number of halogens is 1. The maximum absolute atomic E-state index is 14.9. The zero-order valence-corrected chi connectivity index (χ0v) is 18.6. The van der Waals surface area contributed by atoms with Crippen LogP contribution in [0.3, 0.4) is 0 Å². The molecule has 180 valence electrons. The SMILES string of the molecule is C[C@]1(COP(=O)(O)OP(=O)(O)OP(=O)(O)O)OC(c2ccc3c(N)ncnn23)[C@H](F)[C@@H]1O. The molecule has 3 unspecified atom stereocenters. The van der Waals surface area contributed by atoms with E-state index in [2.05, 4.69) is 23.2 Å². The zero-order chi connectivity index (χ0) is 24.1. The molecule has 3 heterocycles. The van der Waals surface area contributed by atoms with E-state index in [9.17, 15) is 28.1 Å². The molecule has 20 heteroatoms. The first-order chi connectivity index (χ1) is 14.5. The van der Waals surface area contributed by atoms with Crippen molar-refractivity contribution in [2.45, 2.75) is 30.9 Å². The Labute approximate surface area is 178 Å². The van der Waals surface area contributed by atoms with Gasteiger partial charge in [0.1, 0.15) is 29.7 Å². The fourth-order valence-corrected chi connectivity index (χ4v) is 6.09. The predicted molar refractivity (Wildman–Crippen MR) is 100 cm³/mol. The Kier molecular flexibility index (Phi) is 6.70. The van der Waals surface area contributed by atoms with Crippen molar-refractivity contribution in [1.82, 2.24) is 14.6 Å². The topological polar surface area (TPSA) is 245 Å². The largest absolute Gasteiger partial charge is 0.490 e. The normalized spacial score (nSPS) is 30.3. The number of hydrogen-bond acceptors (Lipinski definition) is 11. The van der Waals surface area contributed by atoms with E-state index in [1.54, 1.807) is 0 Å². The maximum Gasteiger partial charge on any atom is 0.490 e. The van der Waals surface area contributed by atoms with Crippen LogP contribution in [-0.2, 0) is 31.6 Å².